The van der Waals surface area contributed by atoms with E-state index in [4.69, 9.17) is 11.6 Å². The molecule has 0 spiro atoms. The topological polar surface area (TPSA) is 86.8 Å². The molecule has 0 unspecified atom stereocenters. The van der Waals surface area contributed by atoms with Crippen LogP contribution < -0.4 is 9.62 Å². The third-order valence-electron chi connectivity index (χ3n) is 5.19. The van der Waals surface area contributed by atoms with Gasteiger partial charge in [0.2, 0.25) is 21.8 Å². The Kier molecular flexibility index (Phi) is 7.23. The van der Waals surface area contributed by atoms with Crippen molar-refractivity contribution in [3.8, 4) is 0 Å². The van der Waals surface area contributed by atoms with E-state index in [0.717, 1.165) is 40.2 Å². The number of carbonyl (C=O) groups excluding carboxylic acids is 2. The van der Waals surface area contributed by atoms with Crippen molar-refractivity contribution in [1.82, 2.24) is 10.2 Å². The number of nitrogens with zero attached hydrogens (tertiary/aromatic N) is 2. The van der Waals surface area contributed by atoms with E-state index in [1.165, 1.54) is 6.07 Å². The van der Waals surface area contributed by atoms with Crippen LogP contribution in [0.25, 0.3) is 0 Å². The Morgan fingerprint density at radius 2 is 1.84 bits per heavy atom. The number of nitrogens with one attached hydrogen (secondary N) is 1. The van der Waals surface area contributed by atoms with Crippen LogP contribution in [0, 0.1) is 6.92 Å². The van der Waals surface area contributed by atoms with E-state index in [9.17, 15) is 18.0 Å². The number of rotatable bonds is 8. The molecule has 9 heteroatoms. The molecule has 31 heavy (non-hydrogen) atoms. The molecule has 166 valence electrons. The quantitative estimate of drug-likeness (QED) is 0.652. The summed E-state index contributed by atoms with van der Waals surface area (Å²) >= 11 is 6.12. The van der Waals surface area contributed by atoms with Gasteiger partial charge in [-0.05, 0) is 42.2 Å². The van der Waals surface area contributed by atoms with E-state index in [0.29, 0.717) is 23.7 Å². The van der Waals surface area contributed by atoms with E-state index in [1.54, 1.807) is 12.1 Å². The molecule has 1 heterocycles. The smallest absolute Gasteiger partial charge is 0.241 e. The van der Waals surface area contributed by atoms with Crippen LogP contribution in [0.5, 0.6) is 0 Å². The lowest BCUT2D eigenvalue weighted by molar-refractivity contribution is -0.128. The number of aryl methyl sites for hydroxylation is 1. The molecule has 1 N–H and O–H groups in total. The van der Waals surface area contributed by atoms with E-state index in [-0.39, 0.29) is 19.0 Å². The average Bonchev–Trinajstić information content (AvgIpc) is 3.11. The van der Waals surface area contributed by atoms with Gasteiger partial charge in [0, 0.05) is 31.1 Å². The zero-order valence-electron chi connectivity index (χ0n) is 17.6. The van der Waals surface area contributed by atoms with Crippen molar-refractivity contribution >= 4 is 39.1 Å². The van der Waals surface area contributed by atoms with Gasteiger partial charge >= 0.3 is 0 Å². The molecule has 0 bridgehead atoms. The molecule has 1 fully saturated rings. The molecule has 3 rings (SSSR count). The molecular weight excluding hydrogens is 438 g/mol. The van der Waals surface area contributed by atoms with Gasteiger partial charge in [0.15, 0.2) is 0 Å². The zero-order chi connectivity index (χ0) is 22.6. The Bertz CT molecular complexity index is 1070. The Morgan fingerprint density at radius 1 is 1.16 bits per heavy atom. The predicted molar refractivity (Wildman–Crippen MR) is 121 cm³/mol. The van der Waals surface area contributed by atoms with Crippen molar-refractivity contribution in [3.63, 3.8) is 0 Å². The molecule has 0 atom stereocenters. The number of carbonyl (C=O) groups is 2. The third-order valence-corrected chi connectivity index (χ3v) is 6.74. The summed E-state index contributed by atoms with van der Waals surface area (Å²) in [6.45, 7) is 3.13. The van der Waals surface area contributed by atoms with E-state index < -0.39 is 15.9 Å². The van der Waals surface area contributed by atoms with Crippen LogP contribution in [-0.2, 0) is 32.7 Å². The first-order valence-corrected chi connectivity index (χ1v) is 12.2. The number of anilines is 1. The summed E-state index contributed by atoms with van der Waals surface area (Å²) in [4.78, 5) is 26.0. The SMILES string of the molecule is Cc1ccc(N(CC(=O)NCc2ccc(CN3CCCC3=O)cc2)S(C)(=O)=O)cc1Cl. The van der Waals surface area contributed by atoms with Crippen LogP contribution in [0.3, 0.4) is 0 Å². The summed E-state index contributed by atoms with van der Waals surface area (Å²) in [5, 5.41) is 3.19. The number of halogens is 1. The summed E-state index contributed by atoms with van der Waals surface area (Å²) < 4.78 is 25.5. The highest BCUT2D eigenvalue weighted by atomic mass is 35.5. The largest absolute Gasteiger partial charge is 0.350 e. The second kappa shape index (κ2) is 9.70. The van der Waals surface area contributed by atoms with Crippen LogP contribution in [0.2, 0.25) is 5.02 Å². The molecule has 2 aromatic rings. The van der Waals surface area contributed by atoms with Gasteiger partial charge in [0.05, 0.1) is 11.9 Å². The predicted octanol–water partition coefficient (Wildman–Crippen LogP) is 2.85. The lowest BCUT2D eigenvalue weighted by Crippen LogP contribution is -2.40. The maximum atomic E-state index is 12.4. The Labute approximate surface area is 188 Å². The highest BCUT2D eigenvalue weighted by Crippen LogP contribution is 2.24. The third kappa shape index (κ3) is 6.21. The highest BCUT2D eigenvalue weighted by Gasteiger charge is 2.22. The highest BCUT2D eigenvalue weighted by molar-refractivity contribution is 7.92. The fraction of sp³-hybridized carbons (Fsp3) is 0.364. The van der Waals surface area contributed by atoms with Gasteiger partial charge in [-0.1, -0.05) is 41.9 Å². The first kappa shape index (κ1) is 23.1. The summed E-state index contributed by atoms with van der Waals surface area (Å²) in [5.74, 6) is -0.240. The van der Waals surface area contributed by atoms with Crippen LogP contribution in [0.4, 0.5) is 5.69 Å². The molecule has 1 aliphatic heterocycles. The number of hydrogen-bond donors (Lipinski definition) is 1. The van der Waals surface area contributed by atoms with E-state index in [1.807, 2.05) is 36.1 Å². The average molecular weight is 464 g/mol. The van der Waals surface area contributed by atoms with Gasteiger partial charge in [0.1, 0.15) is 6.54 Å². The van der Waals surface area contributed by atoms with Crippen LogP contribution in [0.15, 0.2) is 42.5 Å². The fourth-order valence-electron chi connectivity index (χ4n) is 3.38. The van der Waals surface area contributed by atoms with Crippen molar-refractivity contribution < 1.29 is 18.0 Å². The standard InChI is InChI=1S/C22H26ClN3O4S/c1-16-5-10-19(12-20(16)23)26(31(2,29)30)15-21(27)24-13-17-6-8-18(9-7-17)14-25-11-3-4-22(25)28/h5-10,12H,3-4,11,13-15H2,1-2H3,(H,24,27). The minimum atomic E-state index is -3.67. The fourth-order valence-corrected chi connectivity index (χ4v) is 4.40. The second-order valence-electron chi connectivity index (χ2n) is 7.72. The van der Waals surface area contributed by atoms with Gasteiger partial charge in [-0.15, -0.1) is 0 Å². The van der Waals surface area contributed by atoms with Crippen molar-refractivity contribution in [3.05, 3.63) is 64.2 Å². The minimum Gasteiger partial charge on any atom is -0.350 e. The summed E-state index contributed by atoms with van der Waals surface area (Å²) in [7, 11) is -3.67. The number of likely N-dealkylation sites (tertiary alicyclic amines) is 1. The molecule has 0 aromatic heterocycles. The normalized spacial score (nSPS) is 14.0. The van der Waals surface area contributed by atoms with E-state index >= 15 is 0 Å². The first-order valence-electron chi connectivity index (χ1n) is 9.99. The summed E-state index contributed by atoms with van der Waals surface area (Å²) in [5.41, 5.74) is 3.08. The molecule has 7 nitrogen and oxygen atoms in total. The molecule has 0 aliphatic carbocycles. The molecule has 0 saturated carbocycles. The minimum absolute atomic E-state index is 0.182. The molecule has 1 saturated heterocycles. The summed E-state index contributed by atoms with van der Waals surface area (Å²) in [6, 6.07) is 12.5. The lowest BCUT2D eigenvalue weighted by Gasteiger charge is -2.22. The van der Waals surface area contributed by atoms with Gasteiger partial charge < -0.3 is 10.2 Å². The number of amides is 2. The van der Waals surface area contributed by atoms with Gasteiger partial charge in [0.25, 0.3) is 0 Å². The second-order valence-corrected chi connectivity index (χ2v) is 10.0. The molecule has 1 aliphatic rings. The molecular formula is C22H26ClN3O4S. The Hall–Kier alpha value is -2.58. The molecule has 2 aromatic carbocycles. The van der Waals surface area contributed by atoms with Gasteiger partial charge in [-0.25, -0.2) is 8.42 Å². The molecule has 0 radical (unpaired) electrons. The van der Waals surface area contributed by atoms with Crippen molar-refractivity contribution in [2.75, 3.05) is 23.7 Å². The molecule has 2 amide bonds. The maximum absolute atomic E-state index is 12.4. The number of sulfonamides is 1. The van der Waals surface area contributed by atoms with Crippen LogP contribution in [-0.4, -0.2) is 44.5 Å². The lowest BCUT2D eigenvalue weighted by atomic mass is 10.1. The Morgan fingerprint density at radius 3 is 2.42 bits per heavy atom. The first-order chi connectivity index (χ1) is 14.6. The Balaban J connectivity index is 1.58. The van der Waals surface area contributed by atoms with Crippen molar-refractivity contribution in [2.45, 2.75) is 32.9 Å². The number of hydrogen-bond acceptors (Lipinski definition) is 4. The van der Waals surface area contributed by atoms with Gasteiger partial charge in [-0.3, -0.25) is 13.9 Å². The zero-order valence-corrected chi connectivity index (χ0v) is 19.2. The summed E-state index contributed by atoms with van der Waals surface area (Å²) in [6.07, 6.45) is 2.57. The van der Waals surface area contributed by atoms with Gasteiger partial charge in [-0.2, -0.15) is 0 Å². The van der Waals surface area contributed by atoms with E-state index in [2.05, 4.69) is 5.32 Å². The number of benzene rings is 2. The van der Waals surface area contributed by atoms with Crippen molar-refractivity contribution in [2.24, 2.45) is 0 Å². The monoisotopic (exact) mass is 463 g/mol. The van der Waals surface area contributed by atoms with Crippen molar-refractivity contribution in [1.29, 1.82) is 0 Å². The maximum Gasteiger partial charge on any atom is 0.241 e. The van der Waals surface area contributed by atoms with Crippen LogP contribution in [0.1, 0.15) is 29.5 Å². The van der Waals surface area contributed by atoms with Crippen LogP contribution >= 0.6 is 11.6 Å².